The van der Waals surface area contributed by atoms with E-state index in [1.165, 1.54) is 12.5 Å². The molecule has 0 radical (unpaired) electrons. The summed E-state index contributed by atoms with van der Waals surface area (Å²) in [5.41, 5.74) is 2.23. The molecular weight excluding hydrogens is 94.1 g/mol. The summed E-state index contributed by atoms with van der Waals surface area (Å²) in [6.45, 7) is 0. The Hall–Kier alpha value is -1.03. The van der Waals surface area contributed by atoms with Crippen molar-refractivity contribution in [3.05, 3.63) is 12.5 Å². The van der Waals surface area contributed by atoms with Crippen LogP contribution in [0, 0.1) is 0 Å². The van der Waals surface area contributed by atoms with Crippen LogP contribution in [0.4, 0.5) is 6.01 Å². The lowest BCUT2D eigenvalue weighted by molar-refractivity contribution is 0.572. The number of hydrogen-bond acceptors (Lipinski definition) is 4. The Balaban J connectivity index is 2.76. The van der Waals surface area contributed by atoms with Crippen molar-refractivity contribution >= 4 is 6.01 Å². The van der Waals surface area contributed by atoms with Crippen molar-refractivity contribution in [3.63, 3.8) is 0 Å². The number of oxazole rings is 1. The van der Waals surface area contributed by atoms with Crippen LogP contribution in [0.15, 0.2) is 16.9 Å². The summed E-state index contributed by atoms with van der Waals surface area (Å²) >= 11 is 0. The van der Waals surface area contributed by atoms with Crippen LogP contribution in [0.5, 0.6) is 0 Å². The van der Waals surface area contributed by atoms with Crippen LogP contribution in [0.2, 0.25) is 0 Å². The minimum Gasteiger partial charge on any atom is -0.431 e. The first-order valence-corrected chi connectivity index (χ1v) is 1.79. The fraction of sp³-hybridized carbons (Fsp3) is 0. The number of nitrogen functional groups attached to an aromatic ring is 1. The lowest BCUT2D eigenvalue weighted by Crippen LogP contribution is -2.06. The molecule has 1 aromatic heterocycles. The molecule has 0 bridgehead atoms. The van der Waals surface area contributed by atoms with Crippen LogP contribution < -0.4 is 11.3 Å². The third-order valence-corrected chi connectivity index (χ3v) is 0.556. The SMILES string of the molecule is NNc1ncco1. The molecule has 0 aliphatic rings. The van der Waals surface area contributed by atoms with Gasteiger partial charge in [-0.1, -0.05) is 0 Å². The zero-order chi connectivity index (χ0) is 5.11. The number of nitrogens with zero attached hydrogens (tertiary/aromatic N) is 1. The van der Waals surface area contributed by atoms with Crippen molar-refractivity contribution in [2.24, 2.45) is 5.84 Å². The first-order chi connectivity index (χ1) is 3.43. The number of nitrogens with one attached hydrogen (secondary N) is 1. The van der Waals surface area contributed by atoms with Gasteiger partial charge in [-0.05, 0) is 0 Å². The van der Waals surface area contributed by atoms with Crippen LogP contribution in [0.25, 0.3) is 0 Å². The van der Waals surface area contributed by atoms with E-state index < -0.39 is 0 Å². The maximum atomic E-state index is 4.89. The van der Waals surface area contributed by atoms with Crippen LogP contribution >= 0.6 is 0 Å². The highest BCUT2D eigenvalue weighted by Gasteiger charge is 1.85. The Bertz CT molecular complexity index is 125. The molecule has 7 heavy (non-hydrogen) atoms. The molecule has 0 aliphatic carbocycles. The molecular formula is C3H5N3O. The fourth-order valence-corrected chi connectivity index (χ4v) is 0.295. The molecule has 0 amide bonds. The van der Waals surface area contributed by atoms with E-state index in [0.29, 0.717) is 6.01 Å². The Labute approximate surface area is 40.3 Å². The third-order valence-electron chi connectivity index (χ3n) is 0.556. The van der Waals surface area contributed by atoms with Gasteiger partial charge in [0.15, 0.2) is 0 Å². The van der Waals surface area contributed by atoms with Gasteiger partial charge in [0, 0.05) is 0 Å². The van der Waals surface area contributed by atoms with Gasteiger partial charge in [-0.2, -0.15) is 0 Å². The minimum absolute atomic E-state index is 0.333. The van der Waals surface area contributed by atoms with E-state index in [2.05, 4.69) is 14.8 Å². The van der Waals surface area contributed by atoms with Crippen molar-refractivity contribution < 1.29 is 4.42 Å². The van der Waals surface area contributed by atoms with Crippen LogP contribution in [-0.4, -0.2) is 4.98 Å². The van der Waals surface area contributed by atoms with Gasteiger partial charge in [0.2, 0.25) is 0 Å². The third kappa shape index (κ3) is 0.690. The Morgan fingerprint density at radius 1 is 1.86 bits per heavy atom. The summed E-state index contributed by atoms with van der Waals surface area (Å²) in [7, 11) is 0. The van der Waals surface area contributed by atoms with Gasteiger partial charge in [-0.25, -0.2) is 10.8 Å². The standard InChI is InChI=1S/C3H5N3O/c4-6-3-5-1-2-7-3/h1-2H,4H2,(H,5,6). The predicted octanol–water partition coefficient (Wildman–Crippen LogP) is -0.0398. The predicted molar refractivity (Wildman–Crippen MR) is 24.3 cm³/mol. The molecule has 0 unspecified atom stereocenters. The van der Waals surface area contributed by atoms with Gasteiger partial charge >= 0.3 is 6.01 Å². The van der Waals surface area contributed by atoms with Crippen LogP contribution in [-0.2, 0) is 0 Å². The molecule has 0 atom stereocenters. The summed E-state index contributed by atoms with van der Waals surface area (Å²) in [6.07, 6.45) is 2.95. The van der Waals surface area contributed by atoms with Gasteiger partial charge in [-0.15, -0.1) is 0 Å². The van der Waals surface area contributed by atoms with E-state index in [1.54, 1.807) is 0 Å². The van der Waals surface area contributed by atoms with Crippen molar-refractivity contribution in [3.8, 4) is 0 Å². The molecule has 3 N–H and O–H groups in total. The maximum Gasteiger partial charge on any atom is 0.309 e. The number of hydrogen-bond donors (Lipinski definition) is 2. The first kappa shape index (κ1) is 4.14. The number of nitrogens with two attached hydrogens (primary N) is 1. The highest BCUT2D eigenvalue weighted by atomic mass is 16.4. The number of hydrazine groups is 1. The second kappa shape index (κ2) is 1.61. The summed E-state index contributed by atoms with van der Waals surface area (Å²) < 4.78 is 4.64. The Morgan fingerprint density at radius 3 is 3.00 bits per heavy atom. The van der Waals surface area contributed by atoms with Crippen LogP contribution in [0.1, 0.15) is 0 Å². The number of aromatic nitrogens is 1. The molecule has 0 saturated heterocycles. The topological polar surface area (TPSA) is 64.1 Å². The Kier molecular flexibility index (Phi) is 0.953. The van der Waals surface area contributed by atoms with Crippen molar-refractivity contribution in [1.82, 2.24) is 4.98 Å². The smallest absolute Gasteiger partial charge is 0.309 e. The minimum atomic E-state index is 0.333. The highest BCUT2D eigenvalue weighted by Crippen LogP contribution is 1.95. The first-order valence-electron chi connectivity index (χ1n) is 1.79. The van der Waals surface area contributed by atoms with Gasteiger partial charge in [-0.3, -0.25) is 5.43 Å². The van der Waals surface area contributed by atoms with Gasteiger partial charge in [0.05, 0.1) is 6.20 Å². The molecule has 0 saturated carbocycles. The molecule has 38 valence electrons. The summed E-state index contributed by atoms with van der Waals surface area (Å²) in [4.78, 5) is 3.63. The molecule has 1 rings (SSSR count). The van der Waals surface area contributed by atoms with Gasteiger partial charge in [0.25, 0.3) is 0 Å². The van der Waals surface area contributed by atoms with E-state index >= 15 is 0 Å². The summed E-state index contributed by atoms with van der Waals surface area (Å²) in [6, 6.07) is 0.333. The molecule has 4 heteroatoms. The molecule has 4 nitrogen and oxygen atoms in total. The molecule has 0 fully saturated rings. The zero-order valence-corrected chi connectivity index (χ0v) is 3.59. The normalized spacial score (nSPS) is 8.71. The largest absolute Gasteiger partial charge is 0.431 e. The Morgan fingerprint density at radius 2 is 2.71 bits per heavy atom. The lowest BCUT2D eigenvalue weighted by Gasteiger charge is -1.83. The average molecular weight is 99.1 g/mol. The second-order valence-corrected chi connectivity index (χ2v) is 0.982. The van der Waals surface area contributed by atoms with E-state index in [1.807, 2.05) is 0 Å². The quantitative estimate of drug-likeness (QED) is 0.383. The number of anilines is 1. The van der Waals surface area contributed by atoms with Gasteiger partial charge < -0.3 is 4.42 Å². The average Bonchev–Trinajstić information content (AvgIpc) is 2.14. The molecule has 0 aromatic carbocycles. The zero-order valence-electron chi connectivity index (χ0n) is 3.59. The van der Waals surface area contributed by atoms with Crippen molar-refractivity contribution in [1.29, 1.82) is 0 Å². The fourth-order valence-electron chi connectivity index (χ4n) is 0.295. The second-order valence-electron chi connectivity index (χ2n) is 0.982. The van der Waals surface area contributed by atoms with E-state index in [-0.39, 0.29) is 0 Å². The van der Waals surface area contributed by atoms with Crippen LogP contribution in [0.3, 0.4) is 0 Å². The highest BCUT2D eigenvalue weighted by molar-refractivity contribution is 5.13. The van der Waals surface area contributed by atoms with Crippen molar-refractivity contribution in [2.75, 3.05) is 5.43 Å². The molecule has 1 heterocycles. The monoisotopic (exact) mass is 99.0 g/mol. The number of rotatable bonds is 1. The summed E-state index contributed by atoms with van der Waals surface area (Å²) in [5, 5.41) is 0. The maximum absolute atomic E-state index is 4.89. The molecule has 0 spiro atoms. The van der Waals surface area contributed by atoms with E-state index in [4.69, 9.17) is 5.84 Å². The molecule has 1 aromatic rings. The van der Waals surface area contributed by atoms with E-state index in [0.717, 1.165) is 0 Å². The van der Waals surface area contributed by atoms with E-state index in [9.17, 15) is 0 Å². The summed E-state index contributed by atoms with van der Waals surface area (Å²) in [5.74, 6) is 4.89. The molecule has 0 aliphatic heterocycles. The lowest BCUT2D eigenvalue weighted by atomic mass is 11.0. The van der Waals surface area contributed by atoms with Crippen molar-refractivity contribution in [2.45, 2.75) is 0 Å². The van der Waals surface area contributed by atoms with Gasteiger partial charge in [0.1, 0.15) is 6.26 Å².